The molecule has 1 N–H and O–H groups in total. The van der Waals surface area contributed by atoms with Gasteiger partial charge in [-0.05, 0) is 36.8 Å². The van der Waals surface area contributed by atoms with Gasteiger partial charge in [-0.1, -0.05) is 18.2 Å². The number of aliphatic carboxylic acids is 1. The minimum Gasteiger partial charge on any atom is -0.480 e. The number of amides is 1. The molecule has 1 aromatic carbocycles. The zero-order chi connectivity index (χ0) is 17.5. The highest BCUT2D eigenvalue weighted by Gasteiger charge is 2.50. The quantitative estimate of drug-likeness (QED) is 0.913. The fourth-order valence-electron chi connectivity index (χ4n) is 3.32. The Bertz CT molecular complexity index is 661. The van der Waals surface area contributed by atoms with Crippen LogP contribution in [0.25, 0.3) is 0 Å². The predicted octanol–water partition coefficient (Wildman–Crippen LogP) is 2.76. The number of carbonyl (C=O) groups is 2. The summed E-state index contributed by atoms with van der Waals surface area (Å²) < 4.78 is 41.5. The van der Waals surface area contributed by atoms with Crippen LogP contribution < -0.4 is 4.74 Å². The Hall–Kier alpha value is -2.25. The first-order chi connectivity index (χ1) is 11.3. The smallest absolute Gasteiger partial charge is 0.480 e. The minimum atomic E-state index is -4.80. The SMILES string of the molecule is O=C(O)[C@@H]1CCCN1C(=O)C1CC1c1ccccc1OC(F)(F)F. The summed E-state index contributed by atoms with van der Waals surface area (Å²) in [6.45, 7) is 0.375. The molecule has 1 saturated carbocycles. The Balaban J connectivity index is 1.74. The maximum Gasteiger partial charge on any atom is 0.573 e. The third-order valence-corrected chi connectivity index (χ3v) is 4.47. The second-order valence-electron chi connectivity index (χ2n) is 6.06. The number of halogens is 3. The molecule has 2 aliphatic rings. The number of carboxylic acid groups (broad SMARTS) is 1. The Morgan fingerprint density at radius 1 is 1.25 bits per heavy atom. The maximum atomic E-state index is 12.5. The molecule has 1 aromatic rings. The summed E-state index contributed by atoms with van der Waals surface area (Å²) >= 11 is 0. The van der Waals surface area contributed by atoms with Crippen LogP contribution in [0.1, 0.15) is 30.7 Å². The lowest BCUT2D eigenvalue weighted by Crippen LogP contribution is -2.41. The minimum absolute atomic E-state index is 0.299. The number of hydrogen-bond acceptors (Lipinski definition) is 3. The van der Waals surface area contributed by atoms with Gasteiger partial charge < -0.3 is 14.7 Å². The highest BCUT2D eigenvalue weighted by Crippen LogP contribution is 2.52. The number of nitrogens with zero attached hydrogens (tertiary/aromatic N) is 1. The van der Waals surface area contributed by atoms with Crippen molar-refractivity contribution >= 4 is 11.9 Å². The fourth-order valence-corrected chi connectivity index (χ4v) is 3.32. The number of hydrogen-bond donors (Lipinski definition) is 1. The Labute approximate surface area is 136 Å². The zero-order valence-corrected chi connectivity index (χ0v) is 12.6. The van der Waals surface area contributed by atoms with Crippen molar-refractivity contribution in [2.75, 3.05) is 6.54 Å². The summed E-state index contributed by atoms with van der Waals surface area (Å²) in [6, 6.07) is 4.93. The van der Waals surface area contributed by atoms with Gasteiger partial charge in [-0.2, -0.15) is 0 Å². The number of rotatable bonds is 4. The van der Waals surface area contributed by atoms with Crippen LogP contribution in [0.2, 0.25) is 0 Å². The molecule has 0 aromatic heterocycles. The van der Waals surface area contributed by atoms with E-state index in [2.05, 4.69) is 4.74 Å². The van der Waals surface area contributed by atoms with Crippen molar-refractivity contribution in [3.8, 4) is 5.75 Å². The molecular formula is C16H16F3NO4. The first-order valence-corrected chi connectivity index (χ1v) is 7.66. The van der Waals surface area contributed by atoms with Gasteiger partial charge in [0.25, 0.3) is 0 Å². The van der Waals surface area contributed by atoms with E-state index in [9.17, 15) is 22.8 Å². The van der Waals surface area contributed by atoms with Crippen LogP contribution in [0.4, 0.5) is 13.2 Å². The van der Waals surface area contributed by atoms with Crippen LogP contribution in [-0.2, 0) is 9.59 Å². The first kappa shape index (κ1) is 16.6. The highest BCUT2D eigenvalue weighted by atomic mass is 19.4. The summed E-state index contributed by atoms with van der Waals surface area (Å²) in [5.74, 6) is -2.50. The summed E-state index contributed by atoms with van der Waals surface area (Å²) in [7, 11) is 0. The molecular weight excluding hydrogens is 327 g/mol. The molecule has 0 radical (unpaired) electrons. The molecule has 1 aliphatic carbocycles. The third-order valence-electron chi connectivity index (χ3n) is 4.47. The molecule has 2 unspecified atom stereocenters. The lowest BCUT2D eigenvalue weighted by atomic mass is 10.1. The van der Waals surface area contributed by atoms with E-state index in [0.717, 1.165) is 0 Å². The van der Waals surface area contributed by atoms with Gasteiger partial charge in [-0.3, -0.25) is 4.79 Å². The van der Waals surface area contributed by atoms with Gasteiger partial charge in [-0.25, -0.2) is 4.79 Å². The van der Waals surface area contributed by atoms with Crippen molar-refractivity contribution in [3.63, 3.8) is 0 Å². The van der Waals surface area contributed by atoms with E-state index in [4.69, 9.17) is 5.11 Å². The summed E-state index contributed by atoms with van der Waals surface area (Å²) in [6.07, 6.45) is -3.37. The van der Waals surface area contributed by atoms with Crippen LogP contribution in [0.5, 0.6) is 5.75 Å². The van der Waals surface area contributed by atoms with E-state index in [1.165, 1.54) is 23.1 Å². The molecule has 0 spiro atoms. The van der Waals surface area contributed by atoms with Crippen molar-refractivity contribution < 1.29 is 32.6 Å². The second kappa shape index (κ2) is 5.99. The average Bonchev–Trinajstić information content (AvgIpc) is 3.12. The van der Waals surface area contributed by atoms with Crippen LogP contribution >= 0.6 is 0 Å². The molecule has 1 saturated heterocycles. The average molecular weight is 343 g/mol. The summed E-state index contributed by atoms with van der Waals surface area (Å²) in [4.78, 5) is 25.0. The lowest BCUT2D eigenvalue weighted by molar-refractivity contribution is -0.274. The van der Waals surface area contributed by atoms with Crippen molar-refractivity contribution in [1.29, 1.82) is 0 Å². The Morgan fingerprint density at radius 2 is 1.96 bits per heavy atom. The van der Waals surface area contributed by atoms with Crippen molar-refractivity contribution in [2.45, 2.75) is 37.6 Å². The summed E-state index contributed by atoms with van der Waals surface area (Å²) in [5, 5.41) is 9.15. The van der Waals surface area contributed by atoms with Gasteiger partial charge >= 0.3 is 12.3 Å². The molecule has 5 nitrogen and oxygen atoms in total. The van der Waals surface area contributed by atoms with E-state index in [-0.39, 0.29) is 17.6 Å². The van der Waals surface area contributed by atoms with E-state index in [1.807, 2.05) is 0 Å². The topological polar surface area (TPSA) is 66.8 Å². The zero-order valence-electron chi connectivity index (χ0n) is 12.6. The van der Waals surface area contributed by atoms with Crippen LogP contribution in [0.15, 0.2) is 24.3 Å². The molecule has 130 valence electrons. The molecule has 24 heavy (non-hydrogen) atoms. The first-order valence-electron chi connectivity index (χ1n) is 7.66. The number of benzene rings is 1. The normalized spacial score (nSPS) is 26.3. The second-order valence-corrected chi connectivity index (χ2v) is 6.06. The van der Waals surface area contributed by atoms with E-state index < -0.39 is 24.3 Å². The van der Waals surface area contributed by atoms with Gasteiger partial charge in [0, 0.05) is 12.5 Å². The van der Waals surface area contributed by atoms with E-state index in [1.54, 1.807) is 6.07 Å². The predicted molar refractivity (Wildman–Crippen MR) is 76.3 cm³/mol. The van der Waals surface area contributed by atoms with Crippen LogP contribution in [-0.4, -0.2) is 40.8 Å². The molecule has 1 heterocycles. The van der Waals surface area contributed by atoms with Gasteiger partial charge in [0.2, 0.25) is 5.91 Å². The third kappa shape index (κ3) is 3.32. The molecule has 8 heteroatoms. The molecule has 3 atom stereocenters. The van der Waals surface area contributed by atoms with Crippen LogP contribution in [0.3, 0.4) is 0 Å². The fraction of sp³-hybridized carbons (Fsp3) is 0.500. The molecule has 0 bridgehead atoms. The molecule has 1 aliphatic heterocycles. The van der Waals surface area contributed by atoms with Crippen LogP contribution in [0, 0.1) is 5.92 Å². The van der Waals surface area contributed by atoms with Crippen molar-refractivity contribution in [2.24, 2.45) is 5.92 Å². The van der Waals surface area contributed by atoms with Crippen molar-refractivity contribution in [3.05, 3.63) is 29.8 Å². The number of ether oxygens (including phenoxy) is 1. The molecule has 2 fully saturated rings. The number of alkyl halides is 3. The van der Waals surface area contributed by atoms with Gasteiger partial charge in [0.1, 0.15) is 11.8 Å². The Morgan fingerprint density at radius 3 is 2.62 bits per heavy atom. The van der Waals surface area contributed by atoms with Gasteiger partial charge in [0.05, 0.1) is 0 Å². The number of likely N-dealkylation sites (tertiary alicyclic amines) is 1. The maximum absolute atomic E-state index is 12.5. The highest BCUT2D eigenvalue weighted by molar-refractivity contribution is 5.88. The van der Waals surface area contributed by atoms with E-state index in [0.29, 0.717) is 31.4 Å². The lowest BCUT2D eigenvalue weighted by Gasteiger charge is -2.21. The summed E-state index contributed by atoms with van der Waals surface area (Å²) in [5.41, 5.74) is 0.333. The number of carbonyl (C=O) groups excluding carboxylic acids is 1. The van der Waals surface area contributed by atoms with Crippen molar-refractivity contribution in [1.82, 2.24) is 4.90 Å². The number of para-hydroxylation sites is 1. The largest absolute Gasteiger partial charge is 0.573 e. The molecule has 3 rings (SSSR count). The monoisotopic (exact) mass is 343 g/mol. The standard InChI is InChI=1S/C16H16F3NO4/c17-16(18,19)24-13-6-2-1-4-9(13)10-8-11(10)14(21)20-7-3-5-12(20)15(22)23/h1-2,4,6,10-12H,3,5,7-8H2,(H,22,23)/t10?,11?,12-/m0/s1. The molecule has 1 amide bonds. The number of carboxylic acids is 1. The van der Waals surface area contributed by atoms with E-state index >= 15 is 0 Å². The Kier molecular flexibility index (Phi) is 4.15. The van der Waals surface area contributed by atoms with Gasteiger partial charge in [0.15, 0.2) is 0 Å². The van der Waals surface area contributed by atoms with Gasteiger partial charge in [-0.15, -0.1) is 13.2 Å².